The molecule has 3 rings (SSSR count). The van der Waals surface area contributed by atoms with E-state index in [-0.39, 0.29) is 11.9 Å². The second-order valence-corrected chi connectivity index (χ2v) is 6.43. The smallest absolute Gasteiger partial charge is 0.274 e. The Hall–Kier alpha value is -2.34. The van der Waals surface area contributed by atoms with Gasteiger partial charge in [0.1, 0.15) is 11.4 Å². The van der Waals surface area contributed by atoms with Crippen molar-refractivity contribution < 1.29 is 9.53 Å². The van der Waals surface area contributed by atoms with Crippen molar-refractivity contribution in [1.29, 1.82) is 0 Å². The van der Waals surface area contributed by atoms with E-state index in [4.69, 9.17) is 4.74 Å². The standard InChI is InChI=1S/C18H24N4O2/c1-13-5-6-17(24-4)16(11-13)22-8-7-15(19-22)18(23)21-10-9-20(3)12-14(21)2/h5-8,11,14H,9-10,12H2,1-4H3. The lowest BCUT2D eigenvalue weighted by Gasteiger charge is -2.37. The molecule has 1 aliphatic heterocycles. The van der Waals surface area contributed by atoms with E-state index in [1.807, 2.05) is 36.2 Å². The van der Waals surface area contributed by atoms with E-state index in [1.54, 1.807) is 17.9 Å². The van der Waals surface area contributed by atoms with Crippen LogP contribution in [-0.4, -0.2) is 65.3 Å². The van der Waals surface area contributed by atoms with Crippen LogP contribution in [0.25, 0.3) is 5.69 Å². The van der Waals surface area contributed by atoms with Crippen LogP contribution in [0.2, 0.25) is 0 Å². The van der Waals surface area contributed by atoms with E-state index in [0.29, 0.717) is 5.69 Å². The number of hydrogen-bond acceptors (Lipinski definition) is 4. The van der Waals surface area contributed by atoms with Crippen LogP contribution in [-0.2, 0) is 0 Å². The van der Waals surface area contributed by atoms with Gasteiger partial charge in [-0.1, -0.05) is 6.07 Å². The SMILES string of the molecule is COc1ccc(C)cc1-n1ccc(C(=O)N2CCN(C)CC2C)n1. The van der Waals surface area contributed by atoms with Crippen LogP contribution in [0.15, 0.2) is 30.5 Å². The summed E-state index contributed by atoms with van der Waals surface area (Å²) in [6, 6.07) is 7.86. The number of nitrogens with zero attached hydrogens (tertiary/aromatic N) is 4. The lowest BCUT2D eigenvalue weighted by Crippen LogP contribution is -2.52. The van der Waals surface area contributed by atoms with Crippen molar-refractivity contribution >= 4 is 5.91 Å². The molecule has 1 amide bonds. The number of benzene rings is 1. The maximum atomic E-state index is 12.8. The first kappa shape index (κ1) is 16.5. The molecule has 6 heteroatoms. The summed E-state index contributed by atoms with van der Waals surface area (Å²) in [6.07, 6.45) is 1.81. The maximum absolute atomic E-state index is 12.8. The first-order chi connectivity index (χ1) is 11.5. The molecular formula is C18H24N4O2. The van der Waals surface area contributed by atoms with E-state index in [2.05, 4.69) is 24.0 Å². The summed E-state index contributed by atoms with van der Waals surface area (Å²) in [5.74, 6) is 0.719. The Morgan fingerprint density at radius 3 is 2.79 bits per heavy atom. The van der Waals surface area contributed by atoms with Crippen LogP contribution >= 0.6 is 0 Å². The monoisotopic (exact) mass is 328 g/mol. The van der Waals surface area contributed by atoms with E-state index in [9.17, 15) is 4.79 Å². The molecule has 0 N–H and O–H groups in total. The van der Waals surface area contributed by atoms with Gasteiger partial charge in [0.25, 0.3) is 5.91 Å². The second-order valence-electron chi connectivity index (χ2n) is 6.43. The third-order valence-corrected chi connectivity index (χ3v) is 4.48. The van der Waals surface area contributed by atoms with Gasteiger partial charge in [0.05, 0.1) is 7.11 Å². The zero-order valence-corrected chi connectivity index (χ0v) is 14.7. The van der Waals surface area contributed by atoms with Gasteiger partial charge in [-0.25, -0.2) is 4.68 Å². The summed E-state index contributed by atoms with van der Waals surface area (Å²) in [6.45, 7) is 6.61. The van der Waals surface area contributed by atoms with Crippen LogP contribution in [0.4, 0.5) is 0 Å². The van der Waals surface area contributed by atoms with E-state index >= 15 is 0 Å². The number of piperazine rings is 1. The lowest BCUT2D eigenvalue weighted by atomic mass is 10.2. The molecule has 1 aliphatic rings. The minimum absolute atomic E-state index is 0.0130. The van der Waals surface area contributed by atoms with Crippen molar-refractivity contribution in [3.05, 3.63) is 41.7 Å². The van der Waals surface area contributed by atoms with Gasteiger partial charge in [0.15, 0.2) is 5.69 Å². The predicted octanol–water partition coefficient (Wildman–Crippen LogP) is 1.97. The van der Waals surface area contributed by atoms with Crippen molar-refractivity contribution in [2.45, 2.75) is 19.9 Å². The van der Waals surface area contributed by atoms with Crippen molar-refractivity contribution in [3.8, 4) is 11.4 Å². The highest BCUT2D eigenvalue weighted by atomic mass is 16.5. The highest BCUT2D eigenvalue weighted by Gasteiger charge is 2.28. The topological polar surface area (TPSA) is 50.6 Å². The number of ether oxygens (including phenoxy) is 1. The van der Waals surface area contributed by atoms with Crippen LogP contribution in [0, 0.1) is 6.92 Å². The summed E-state index contributed by atoms with van der Waals surface area (Å²) in [5.41, 5.74) is 2.42. The maximum Gasteiger partial charge on any atom is 0.274 e. The molecule has 2 aromatic rings. The molecule has 1 aromatic heterocycles. The number of methoxy groups -OCH3 is 1. The molecule has 0 aliphatic carbocycles. The molecule has 128 valence electrons. The van der Waals surface area contributed by atoms with Crippen LogP contribution in [0.1, 0.15) is 23.0 Å². The second kappa shape index (κ2) is 6.65. The highest BCUT2D eigenvalue weighted by Crippen LogP contribution is 2.24. The van der Waals surface area contributed by atoms with E-state index in [1.165, 1.54) is 0 Å². The molecule has 1 fully saturated rings. The number of aromatic nitrogens is 2. The average molecular weight is 328 g/mol. The molecule has 2 heterocycles. The average Bonchev–Trinajstić information content (AvgIpc) is 3.04. The number of aryl methyl sites for hydroxylation is 1. The molecule has 1 unspecified atom stereocenters. The Morgan fingerprint density at radius 1 is 1.29 bits per heavy atom. The zero-order valence-electron chi connectivity index (χ0n) is 14.7. The molecule has 0 bridgehead atoms. The Morgan fingerprint density at radius 2 is 2.08 bits per heavy atom. The van der Waals surface area contributed by atoms with Gasteiger partial charge < -0.3 is 14.5 Å². The Balaban J connectivity index is 1.86. The van der Waals surface area contributed by atoms with Crippen LogP contribution < -0.4 is 4.74 Å². The zero-order chi connectivity index (χ0) is 17.3. The minimum atomic E-state index is -0.0130. The third kappa shape index (κ3) is 3.14. The molecule has 1 saturated heterocycles. The molecule has 0 spiro atoms. The first-order valence-electron chi connectivity index (χ1n) is 8.20. The number of carbonyl (C=O) groups is 1. The minimum Gasteiger partial charge on any atom is -0.494 e. The van der Waals surface area contributed by atoms with Gasteiger partial charge >= 0.3 is 0 Å². The van der Waals surface area contributed by atoms with Crippen molar-refractivity contribution in [2.75, 3.05) is 33.8 Å². The van der Waals surface area contributed by atoms with Gasteiger partial charge in [-0.15, -0.1) is 0 Å². The first-order valence-corrected chi connectivity index (χ1v) is 8.20. The molecule has 1 aromatic carbocycles. The molecule has 0 radical (unpaired) electrons. The molecule has 24 heavy (non-hydrogen) atoms. The fourth-order valence-corrected chi connectivity index (χ4v) is 3.14. The van der Waals surface area contributed by atoms with Crippen LogP contribution in [0.3, 0.4) is 0 Å². The van der Waals surface area contributed by atoms with Crippen molar-refractivity contribution in [1.82, 2.24) is 19.6 Å². The summed E-state index contributed by atoms with van der Waals surface area (Å²) >= 11 is 0. The highest BCUT2D eigenvalue weighted by molar-refractivity contribution is 5.92. The quantitative estimate of drug-likeness (QED) is 0.864. The largest absolute Gasteiger partial charge is 0.494 e. The lowest BCUT2D eigenvalue weighted by molar-refractivity contribution is 0.0527. The summed E-state index contributed by atoms with van der Waals surface area (Å²) in [4.78, 5) is 16.9. The summed E-state index contributed by atoms with van der Waals surface area (Å²) in [7, 11) is 3.71. The molecule has 1 atom stereocenters. The molecular weight excluding hydrogens is 304 g/mol. The number of carbonyl (C=O) groups excluding carboxylic acids is 1. The molecule has 0 saturated carbocycles. The number of amides is 1. The molecule has 6 nitrogen and oxygen atoms in total. The normalized spacial score (nSPS) is 18.7. The number of likely N-dealkylation sites (N-methyl/N-ethyl adjacent to an activating group) is 1. The summed E-state index contributed by atoms with van der Waals surface area (Å²) < 4.78 is 7.12. The summed E-state index contributed by atoms with van der Waals surface area (Å²) in [5, 5.41) is 4.49. The van der Waals surface area contributed by atoms with Gasteiger partial charge in [-0.2, -0.15) is 5.10 Å². The Bertz CT molecular complexity index is 740. The third-order valence-electron chi connectivity index (χ3n) is 4.48. The number of hydrogen-bond donors (Lipinski definition) is 0. The van der Waals surface area contributed by atoms with Crippen LogP contribution in [0.5, 0.6) is 5.75 Å². The van der Waals surface area contributed by atoms with Crippen molar-refractivity contribution in [2.24, 2.45) is 0 Å². The van der Waals surface area contributed by atoms with Gasteiger partial charge in [0.2, 0.25) is 0 Å². The van der Waals surface area contributed by atoms with Gasteiger partial charge in [-0.3, -0.25) is 4.79 Å². The van der Waals surface area contributed by atoms with E-state index in [0.717, 1.165) is 36.6 Å². The number of rotatable bonds is 3. The van der Waals surface area contributed by atoms with E-state index < -0.39 is 0 Å². The van der Waals surface area contributed by atoms with Gasteiger partial charge in [0, 0.05) is 31.9 Å². The Labute approximate surface area is 142 Å². The predicted molar refractivity (Wildman–Crippen MR) is 92.8 cm³/mol. The Kier molecular flexibility index (Phi) is 4.57. The fourth-order valence-electron chi connectivity index (χ4n) is 3.14. The van der Waals surface area contributed by atoms with Gasteiger partial charge in [-0.05, 0) is 44.7 Å². The fraction of sp³-hybridized carbons (Fsp3) is 0.444. The van der Waals surface area contributed by atoms with Crippen molar-refractivity contribution in [3.63, 3.8) is 0 Å².